The molecule has 68 heavy (non-hydrogen) atoms. The van der Waals surface area contributed by atoms with Crippen molar-refractivity contribution in [2.75, 3.05) is 33.0 Å². The monoisotopic (exact) mass is 998 g/mol. The highest BCUT2D eigenvalue weighted by Crippen LogP contribution is 2.37. The van der Waals surface area contributed by atoms with Gasteiger partial charge in [0.05, 0.1) is 45.2 Å². The van der Waals surface area contributed by atoms with Crippen LogP contribution in [0.5, 0.6) is 0 Å². The van der Waals surface area contributed by atoms with Crippen LogP contribution in [0.15, 0.2) is 0 Å². The van der Waals surface area contributed by atoms with Gasteiger partial charge in [0.2, 0.25) is 11.8 Å². The molecule has 0 spiro atoms. The van der Waals surface area contributed by atoms with E-state index in [9.17, 15) is 101 Å². The number of ether oxygens (including phenoxy) is 9. The number of nitrogens with one attached hydrogen (secondary N) is 2. The van der Waals surface area contributed by atoms with Gasteiger partial charge in [0.15, 0.2) is 25.2 Å². The zero-order chi connectivity index (χ0) is 50.7. The van der Waals surface area contributed by atoms with E-state index in [2.05, 4.69) is 10.6 Å². The summed E-state index contributed by atoms with van der Waals surface area (Å²) in [5.74, 6) is -6.57. The molecule has 5 fully saturated rings. The summed E-state index contributed by atoms with van der Waals surface area (Å²) < 4.78 is 50.2. The normalized spacial score (nSPS) is 46.6. The largest absolute Gasteiger partial charge is 0.477 e. The summed E-state index contributed by atoms with van der Waals surface area (Å²) in [6, 6.07) is -3.36. The summed E-state index contributed by atoms with van der Waals surface area (Å²) in [7, 11) is 0. The number of carbonyl (C=O) groups is 3. The van der Waals surface area contributed by atoms with Crippen LogP contribution in [0.4, 0.5) is 0 Å². The van der Waals surface area contributed by atoms with Gasteiger partial charge in [-0.05, 0) is 0 Å². The maximum absolute atomic E-state index is 12.8. The van der Waals surface area contributed by atoms with Crippen LogP contribution in [0, 0.1) is 0 Å². The van der Waals surface area contributed by atoms with Crippen molar-refractivity contribution in [2.45, 2.75) is 179 Å². The van der Waals surface area contributed by atoms with E-state index in [0.717, 1.165) is 13.8 Å². The number of carbonyl (C=O) groups excluding carboxylic acids is 2. The molecule has 26 atom stereocenters. The molecule has 0 saturated carbocycles. The lowest BCUT2D eigenvalue weighted by Crippen LogP contribution is -2.70. The van der Waals surface area contributed by atoms with Crippen LogP contribution in [0.1, 0.15) is 20.3 Å². The Morgan fingerprint density at radius 3 is 1.63 bits per heavy atom. The second-order valence-electron chi connectivity index (χ2n) is 16.9. The minimum Gasteiger partial charge on any atom is -0.477 e. The van der Waals surface area contributed by atoms with Gasteiger partial charge < -0.3 is 140 Å². The average molecular weight is 999 g/mol. The van der Waals surface area contributed by atoms with E-state index in [1.807, 2.05) is 0 Å². The lowest BCUT2D eigenvalue weighted by Gasteiger charge is -2.49. The second-order valence-corrected chi connectivity index (χ2v) is 16.9. The van der Waals surface area contributed by atoms with Gasteiger partial charge in [0.1, 0.15) is 116 Å². The molecule has 0 aromatic carbocycles. The molecule has 5 heterocycles. The van der Waals surface area contributed by atoms with Crippen molar-refractivity contribution in [1.82, 2.24) is 10.6 Å². The van der Waals surface area contributed by atoms with Gasteiger partial charge >= 0.3 is 5.97 Å². The summed E-state index contributed by atoms with van der Waals surface area (Å²) in [6.07, 6.45) is -46.1. The van der Waals surface area contributed by atoms with Crippen LogP contribution < -0.4 is 10.6 Å². The zero-order valence-corrected chi connectivity index (χ0v) is 36.2. The molecule has 0 bridgehead atoms. The number of carboxylic acid groups (broad SMARTS) is 1. The van der Waals surface area contributed by atoms with E-state index >= 15 is 0 Å². The summed E-state index contributed by atoms with van der Waals surface area (Å²) in [6.45, 7) is -3.13. The summed E-state index contributed by atoms with van der Waals surface area (Å²) in [5, 5.41) is 184. The number of amides is 2. The Hall–Kier alpha value is -2.59. The molecule has 0 aromatic heterocycles. The molecule has 5 aliphatic heterocycles. The fourth-order valence-corrected chi connectivity index (χ4v) is 8.43. The number of carboxylic acids is 1. The Labute approximate surface area is 384 Å². The number of rotatable bonds is 18. The van der Waals surface area contributed by atoms with Crippen LogP contribution in [-0.4, -0.2) is 297 Å². The fraction of sp³-hybridized carbons (Fsp3) is 0.919. The highest BCUT2D eigenvalue weighted by Gasteiger charge is 2.59. The molecule has 0 unspecified atom stereocenters. The molecule has 0 aliphatic carbocycles. The van der Waals surface area contributed by atoms with Gasteiger partial charge in [-0.3, -0.25) is 9.59 Å². The number of hydrogen-bond acceptors (Lipinski definition) is 28. The van der Waals surface area contributed by atoms with E-state index in [0.29, 0.717) is 0 Å². The Morgan fingerprint density at radius 1 is 0.588 bits per heavy atom. The lowest BCUT2D eigenvalue weighted by molar-refractivity contribution is -0.386. The second kappa shape index (κ2) is 23.8. The molecular formula is C37H62N2O29. The van der Waals surface area contributed by atoms with E-state index in [1.54, 1.807) is 0 Å². The van der Waals surface area contributed by atoms with Crippen LogP contribution in [-0.2, 0) is 57.0 Å². The minimum absolute atomic E-state index is 0.780. The van der Waals surface area contributed by atoms with E-state index < -0.39 is 216 Å². The summed E-state index contributed by atoms with van der Waals surface area (Å²) in [4.78, 5) is 37.0. The molecule has 5 aliphatic rings. The maximum atomic E-state index is 12.8. The molecule has 0 radical (unpaired) electrons. The first-order chi connectivity index (χ1) is 31.9. The van der Waals surface area contributed by atoms with E-state index in [1.165, 1.54) is 0 Å². The van der Waals surface area contributed by atoms with Gasteiger partial charge in [0, 0.05) is 20.3 Å². The van der Waals surface area contributed by atoms with Crippen molar-refractivity contribution >= 4 is 17.8 Å². The van der Waals surface area contributed by atoms with E-state index in [-0.39, 0.29) is 0 Å². The third kappa shape index (κ3) is 12.0. The Balaban J connectivity index is 1.36. The van der Waals surface area contributed by atoms with Gasteiger partial charge in [-0.1, -0.05) is 0 Å². The lowest BCUT2D eigenvalue weighted by atomic mass is 9.88. The fourth-order valence-electron chi connectivity index (χ4n) is 8.43. The Morgan fingerprint density at radius 2 is 1.09 bits per heavy atom. The van der Waals surface area contributed by atoms with Crippen LogP contribution in [0.3, 0.4) is 0 Å². The zero-order valence-electron chi connectivity index (χ0n) is 36.2. The van der Waals surface area contributed by atoms with Crippen LogP contribution in [0.25, 0.3) is 0 Å². The predicted molar refractivity (Wildman–Crippen MR) is 207 cm³/mol. The third-order valence-corrected chi connectivity index (χ3v) is 12.1. The SMILES string of the molecule is CC(=O)N[C@H]1[C@H](O[C@H]2[C@@H](O)[C@@H](CO)O[C@H](O[C@@H]3[C@H](O)[C@@H](O)[C@H](O[C@H]4[C@H](O)[C@@H](O)[C@H](O)O[C@@H]4CO)O[C@@H]3CO)[C@@H]2O)O[C@H](CO[C@]2(C(=O)O)C[C@H](O)[C@@H](NC(C)=O)[C@H]([C@H](O)[C@H](O)CO)O2)[C@H](O)[C@@H]1O. The molecule has 5 saturated heterocycles. The molecular weight excluding hydrogens is 936 g/mol. The Bertz CT molecular complexity index is 1650. The van der Waals surface area contributed by atoms with Crippen LogP contribution in [0.2, 0.25) is 0 Å². The van der Waals surface area contributed by atoms with E-state index in [4.69, 9.17) is 42.6 Å². The van der Waals surface area contributed by atoms with Crippen molar-refractivity contribution in [3.05, 3.63) is 0 Å². The Kier molecular flexibility index (Phi) is 19.7. The quantitative estimate of drug-likeness (QED) is 0.0606. The third-order valence-electron chi connectivity index (χ3n) is 12.1. The maximum Gasteiger partial charge on any atom is 0.364 e. The molecule has 19 N–H and O–H groups in total. The molecule has 2 amide bonds. The van der Waals surface area contributed by atoms with Crippen molar-refractivity contribution in [3.63, 3.8) is 0 Å². The van der Waals surface area contributed by atoms with Crippen molar-refractivity contribution in [3.8, 4) is 0 Å². The van der Waals surface area contributed by atoms with Gasteiger partial charge in [0.25, 0.3) is 5.79 Å². The van der Waals surface area contributed by atoms with Gasteiger partial charge in [-0.25, -0.2) is 4.79 Å². The smallest absolute Gasteiger partial charge is 0.364 e. The average Bonchev–Trinajstić information content (AvgIpc) is 3.29. The number of aliphatic carboxylic acids is 1. The molecule has 0 aromatic rings. The molecule has 5 rings (SSSR count). The standard InChI is InChI=1S/C37H62N2O29/c1-9(44)38-17-11(46)3-37(36(58)59,68-30(17)19(48)12(47)4-40)60-8-16-20(49)22(51)18(39-10(2)45)33(64-16)67-31-21(50)13(5-41)62-35(27(31)56)66-29-15(7-43)63-34(26(55)24(29)53)65-28-14(6-42)61-32(57)25(54)23(28)52/h11-35,40-43,46-57H,3-8H2,1-2H3,(H,38,44)(H,39,45)(H,58,59)/t11-,12+,13+,14+,15+,16+,17+,18+,19+,20-,21-,22+,23+,24+,25+,26+,27+,28+,29-,30+,31-,32+,33-,34-,35+,37+/m0/s1. The first-order valence-electron chi connectivity index (χ1n) is 21.2. The summed E-state index contributed by atoms with van der Waals surface area (Å²) in [5.41, 5.74) is 0. The molecule has 394 valence electrons. The van der Waals surface area contributed by atoms with Gasteiger partial charge in [-0.2, -0.15) is 0 Å². The van der Waals surface area contributed by atoms with Gasteiger partial charge in [-0.15, -0.1) is 0 Å². The number of aliphatic hydroxyl groups excluding tert-OH is 16. The predicted octanol–water partition coefficient (Wildman–Crippen LogP) is -12.4. The topological polar surface area (TPSA) is 502 Å². The molecule has 31 nitrogen and oxygen atoms in total. The van der Waals surface area contributed by atoms with Crippen LogP contribution >= 0.6 is 0 Å². The first-order valence-corrected chi connectivity index (χ1v) is 21.2. The first kappa shape index (κ1) is 56.3. The summed E-state index contributed by atoms with van der Waals surface area (Å²) >= 11 is 0. The molecule has 31 heteroatoms. The number of hydrogen-bond donors (Lipinski definition) is 19. The minimum atomic E-state index is -2.97. The van der Waals surface area contributed by atoms with Crippen molar-refractivity contribution in [1.29, 1.82) is 0 Å². The van der Waals surface area contributed by atoms with Crippen molar-refractivity contribution in [2.24, 2.45) is 0 Å². The highest BCUT2D eigenvalue weighted by atomic mass is 16.8. The number of aliphatic hydroxyl groups is 16. The van der Waals surface area contributed by atoms with Crippen molar-refractivity contribution < 1.29 is 144 Å². The highest BCUT2D eigenvalue weighted by molar-refractivity contribution is 5.76.